The van der Waals surface area contributed by atoms with E-state index in [0.29, 0.717) is 28.5 Å². The maximum Gasteiger partial charge on any atom is 0.253 e. The van der Waals surface area contributed by atoms with Gasteiger partial charge in [-0.2, -0.15) is 0 Å². The van der Waals surface area contributed by atoms with Gasteiger partial charge in [0, 0.05) is 25.2 Å². The van der Waals surface area contributed by atoms with Gasteiger partial charge in [0.2, 0.25) is 5.89 Å². The van der Waals surface area contributed by atoms with Crippen LogP contribution in [0.1, 0.15) is 16.1 Å². The lowest BCUT2D eigenvalue weighted by Crippen LogP contribution is -2.21. The van der Waals surface area contributed by atoms with Crippen LogP contribution in [0.2, 0.25) is 0 Å². The molecular weight excluding hydrogens is 323 g/mol. The normalized spacial score (nSPS) is 10.5. The molecule has 6 heteroatoms. The van der Waals surface area contributed by atoms with Gasteiger partial charge in [0.1, 0.15) is 30.1 Å². The van der Waals surface area contributed by atoms with Crippen molar-refractivity contribution in [3.8, 4) is 17.2 Å². The van der Waals surface area contributed by atoms with Gasteiger partial charge in [-0.3, -0.25) is 4.79 Å². The highest BCUT2D eigenvalue weighted by Crippen LogP contribution is 2.20. The van der Waals surface area contributed by atoms with Crippen LogP contribution in [-0.2, 0) is 6.61 Å². The van der Waals surface area contributed by atoms with Gasteiger partial charge >= 0.3 is 0 Å². The minimum atomic E-state index is -0.346. The SMILES string of the molecule is CN(C)C(=O)c1ccc(OCc2coc(-c3cccc(F)c3)n2)cc1. The number of halogens is 1. The Kier molecular flexibility index (Phi) is 4.79. The third kappa shape index (κ3) is 4.03. The summed E-state index contributed by atoms with van der Waals surface area (Å²) >= 11 is 0. The molecule has 0 unspecified atom stereocenters. The van der Waals surface area contributed by atoms with E-state index in [9.17, 15) is 9.18 Å². The molecule has 0 atom stereocenters. The molecule has 3 rings (SSSR count). The van der Waals surface area contributed by atoms with Crippen LogP contribution in [0.25, 0.3) is 11.5 Å². The summed E-state index contributed by atoms with van der Waals surface area (Å²) in [6, 6.07) is 12.9. The Morgan fingerprint density at radius 1 is 1.20 bits per heavy atom. The maximum absolute atomic E-state index is 13.2. The summed E-state index contributed by atoms with van der Waals surface area (Å²) in [5.41, 5.74) is 1.75. The van der Waals surface area contributed by atoms with Crippen molar-refractivity contribution in [3.05, 3.63) is 71.9 Å². The summed E-state index contributed by atoms with van der Waals surface area (Å²) in [5, 5.41) is 0. The minimum absolute atomic E-state index is 0.0669. The van der Waals surface area contributed by atoms with E-state index in [0.717, 1.165) is 0 Å². The number of nitrogens with zero attached hydrogens (tertiary/aromatic N) is 2. The molecule has 25 heavy (non-hydrogen) atoms. The van der Waals surface area contributed by atoms with Crippen molar-refractivity contribution < 1.29 is 18.3 Å². The smallest absolute Gasteiger partial charge is 0.253 e. The van der Waals surface area contributed by atoms with Gasteiger partial charge in [-0.05, 0) is 42.5 Å². The second kappa shape index (κ2) is 7.17. The number of oxazole rings is 1. The van der Waals surface area contributed by atoms with Crippen molar-refractivity contribution >= 4 is 5.91 Å². The van der Waals surface area contributed by atoms with Gasteiger partial charge in [-0.15, -0.1) is 0 Å². The molecule has 2 aromatic carbocycles. The van der Waals surface area contributed by atoms with E-state index in [-0.39, 0.29) is 18.3 Å². The number of rotatable bonds is 5. The first-order valence-electron chi connectivity index (χ1n) is 7.68. The summed E-state index contributed by atoms with van der Waals surface area (Å²) in [6.07, 6.45) is 1.48. The number of hydrogen-bond donors (Lipinski definition) is 0. The Hall–Kier alpha value is -3.15. The molecule has 0 fully saturated rings. The fraction of sp³-hybridized carbons (Fsp3) is 0.158. The second-order valence-electron chi connectivity index (χ2n) is 5.67. The molecule has 0 spiro atoms. The van der Waals surface area contributed by atoms with Crippen molar-refractivity contribution in [1.29, 1.82) is 0 Å². The zero-order chi connectivity index (χ0) is 17.8. The predicted molar refractivity (Wildman–Crippen MR) is 90.7 cm³/mol. The number of aromatic nitrogens is 1. The van der Waals surface area contributed by atoms with Crippen molar-refractivity contribution in [2.24, 2.45) is 0 Å². The average molecular weight is 340 g/mol. The van der Waals surface area contributed by atoms with Gasteiger partial charge in [-0.25, -0.2) is 9.37 Å². The number of benzene rings is 2. The lowest BCUT2D eigenvalue weighted by molar-refractivity contribution is 0.0827. The predicted octanol–water partition coefficient (Wildman–Crippen LogP) is 3.76. The van der Waals surface area contributed by atoms with E-state index >= 15 is 0 Å². The summed E-state index contributed by atoms with van der Waals surface area (Å²) in [4.78, 5) is 17.6. The quantitative estimate of drug-likeness (QED) is 0.710. The van der Waals surface area contributed by atoms with Crippen molar-refractivity contribution in [3.63, 3.8) is 0 Å². The highest BCUT2D eigenvalue weighted by molar-refractivity contribution is 5.93. The average Bonchev–Trinajstić information content (AvgIpc) is 3.09. The molecule has 0 aliphatic heterocycles. The lowest BCUT2D eigenvalue weighted by atomic mass is 10.2. The molecule has 0 saturated carbocycles. The monoisotopic (exact) mass is 340 g/mol. The van der Waals surface area contributed by atoms with Crippen LogP contribution in [0.3, 0.4) is 0 Å². The Morgan fingerprint density at radius 2 is 1.96 bits per heavy atom. The van der Waals surface area contributed by atoms with E-state index in [1.807, 2.05) is 0 Å². The molecule has 0 bridgehead atoms. The second-order valence-corrected chi connectivity index (χ2v) is 5.67. The van der Waals surface area contributed by atoms with E-state index in [4.69, 9.17) is 9.15 Å². The summed E-state index contributed by atoms with van der Waals surface area (Å²) in [5.74, 6) is 0.541. The molecule has 1 amide bonds. The molecule has 0 aliphatic rings. The van der Waals surface area contributed by atoms with E-state index < -0.39 is 0 Å². The van der Waals surface area contributed by atoms with Crippen LogP contribution in [0.4, 0.5) is 4.39 Å². The van der Waals surface area contributed by atoms with Gasteiger partial charge in [0.25, 0.3) is 5.91 Å². The Morgan fingerprint density at radius 3 is 2.64 bits per heavy atom. The van der Waals surface area contributed by atoms with Gasteiger partial charge in [0.15, 0.2) is 0 Å². The van der Waals surface area contributed by atoms with E-state index in [2.05, 4.69) is 4.98 Å². The first-order chi connectivity index (χ1) is 12.0. The van der Waals surface area contributed by atoms with Crippen molar-refractivity contribution in [1.82, 2.24) is 9.88 Å². The number of carbonyl (C=O) groups is 1. The largest absolute Gasteiger partial charge is 0.487 e. The van der Waals surface area contributed by atoms with Crippen LogP contribution >= 0.6 is 0 Å². The Balaban J connectivity index is 1.63. The van der Waals surface area contributed by atoms with E-state index in [1.165, 1.54) is 23.3 Å². The minimum Gasteiger partial charge on any atom is -0.487 e. The zero-order valence-corrected chi connectivity index (χ0v) is 13.9. The molecule has 0 saturated heterocycles. The Bertz CT molecular complexity index is 872. The molecular formula is C19H17FN2O3. The zero-order valence-electron chi connectivity index (χ0n) is 13.9. The summed E-state index contributed by atoms with van der Waals surface area (Å²) < 4.78 is 24.2. The molecule has 0 aliphatic carbocycles. The third-order valence-electron chi connectivity index (χ3n) is 3.52. The maximum atomic E-state index is 13.2. The highest BCUT2D eigenvalue weighted by atomic mass is 19.1. The van der Waals surface area contributed by atoms with Gasteiger partial charge in [0.05, 0.1) is 0 Å². The fourth-order valence-corrected chi connectivity index (χ4v) is 2.24. The van der Waals surface area contributed by atoms with Crippen LogP contribution < -0.4 is 4.74 Å². The highest BCUT2D eigenvalue weighted by Gasteiger charge is 2.10. The molecule has 0 radical (unpaired) electrons. The van der Waals surface area contributed by atoms with Gasteiger partial charge in [-0.1, -0.05) is 6.07 Å². The van der Waals surface area contributed by atoms with Crippen molar-refractivity contribution in [2.45, 2.75) is 6.61 Å². The number of hydrogen-bond acceptors (Lipinski definition) is 4. The molecule has 128 valence electrons. The molecule has 5 nitrogen and oxygen atoms in total. The van der Waals surface area contributed by atoms with Crippen molar-refractivity contribution in [2.75, 3.05) is 14.1 Å². The van der Waals surface area contributed by atoms with Gasteiger partial charge < -0.3 is 14.1 Å². The van der Waals surface area contributed by atoms with Crippen LogP contribution in [0, 0.1) is 5.82 Å². The molecule has 0 N–H and O–H groups in total. The van der Waals surface area contributed by atoms with Crippen LogP contribution in [-0.4, -0.2) is 29.9 Å². The fourth-order valence-electron chi connectivity index (χ4n) is 2.24. The third-order valence-corrected chi connectivity index (χ3v) is 3.52. The van der Waals surface area contributed by atoms with Crippen LogP contribution in [0.15, 0.2) is 59.2 Å². The van der Waals surface area contributed by atoms with E-state index in [1.54, 1.807) is 50.5 Å². The standard InChI is InChI=1S/C19H17FN2O3/c1-22(2)19(23)13-6-8-17(9-7-13)24-11-16-12-25-18(21-16)14-4-3-5-15(20)10-14/h3-10,12H,11H2,1-2H3. The Labute approximate surface area is 144 Å². The molecule has 1 heterocycles. The first kappa shape index (κ1) is 16.7. The topological polar surface area (TPSA) is 55.6 Å². The number of ether oxygens (including phenoxy) is 1. The number of amides is 1. The lowest BCUT2D eigenvalue weighted by Gasteiger charge is -2.10. The summed E-state index contributed by atoms with van der Waals surface area (Å²) in [7, 11) is 3.40. The molecule has 1 aromatic heterocycles. The first-order valence-corrected chi connectivity index (χ1v) is 7.68. The molecule has 3 aromatic rings. The summed E-state index contributed by atoms with van der Waals surface area (Å²) in [6.45, 7) is 0.208. The van der Waals surface area contributed by atoms with Crippen LogP contribution in [0.5, 0.6) is 5.75 Å². The number of carbonyl (C=O) groups excluding carboxylic acids is 1.